The van der Waals surface area contributed by atoms with Crippen LogP contribution in [-0.2, 0) is 17.8 Å². The Morgan fingerprint density at radius 3 is 2.87 bits per heavy atom. The van der Waals surface area contributed by atoms with Gasteiger partial charge in [0, 0.05) is 35.7 Å². The van der Waals surface area contributed by atoms with E-state index in [1.54, 1.807) is 10.9 Å². The number of nitrogens with one attached hydrogen (secondary N) is 1. The normalized spacial score (nSPS) is 15.6. The fraction of sp³-hybridized carbons (Fsp3) is 0.217. The number of pyridine rings is 1. The van der Waals surface area contributed by atoms with Crippen molar-refractivity contribution in [2.75, 3.05) is 4.72 Å². The highest BCUT2D eigenvalue weighted by Gasteiger charge is 2.31. The molecule has 1 unspecified atom stereocenters. The summed E-state index contributed by atoms with van der Waals surface area (Å²) in [7, 11) is 0. The summed E-state index contributed by atoms with van der Waals surface area (Å²) in [6.45, 7) is 6.04. The van der Waals surface area contributed by atoms with Crippen molar-refractivity contribution in [3.8, 4) is 11.4 Å². The Hall–Kier alpha value is -3.03. The first-order chi connectivity index (χ1) is 14.4. The number of ether oxygens (including phenoxy) is 1. The molecule has 152 valence electrons. The minimum atomic E-state index is -1.44. The zero-order valence-corrected chi connectivity index (χ0v) is 17.9. The van der Waals surface area contributed by atoms with Crippen molar-refractivity contribution in [2.45, 2.75) is 37.7 Å². The molecule has 0 saturated carbocycles. The topological polar surface area (TPSA) is 75.0 Å². The van der Waals surface area contributed by atoms with Gasteiger partial charge in [0.25, 0.3) is 0 Å². The second-order valence-electron chi connectivity index (χ2n) is 8.11. The lowest BCUT2D eigenvalue weighted by molar-refractivity contribution is 0.138. The molecule has 2 aromatic heterocycles. The van der Waals surface area contributed by atoms with Crippen LogP contribution in [0.1, 0.15) is 25.1 Å². The molecule has 2 aromatic carbocycles. The molecule has 0 radical (unpaired) electrons. The minimum absolute atomic E-state index is 0.228. The molecule has 1 N–H and O–H groups in total. The van der Waals surface area contributed by atoms with E-state index in [0.717, 1.165) is 40.0 Å². The number of nitrogens with zero attached hydrogens (tertiary/aromatic N) is 3. The van der Waals surface area contributed by atoms with E-state index < -0.39 is 11.4 Å². The number of hydrogen-bond acceptors (Lipinski definition) is 5. The van der Waals surface area contributed by atoms with Gasteiger partial charge < -0.3 is 9.29 Å². The maximum absolute atomic E-state index is 13.1. The zero-order chi connectivity index (χ0) is 20.9. The molecule has 0 bridgehead atoms. The van der Waals surface area contributed by atoms with Gasteiger partial charge in [-0.15, -0.1) is 0 Å². The summed E-state index contributed by atoms with van der Waals surface area (Å²) < 4.78 is 24.0. The number of benzene rings is 2. The van der Waals surface area contributed by atoms with E-state index in [4.69, 9.17) is 4.74 Å². The number of anilines is 1. The Morgan fingerprint density at radius 1 is 1.13 bits per heavy atom. The van der Waals surface area contributed by atoms with Crippen LogP contribution >= 0.6 is 0 Å². The second kappa shape index (κ2) is 7.04. The predicted molar refractivity (Wildman–Crippen MR) is 118 cm³/mol. The largest absolute Gasteiger partial charge is 0.588 e. The number of aryl methyl sites for hydroxylation is 1. The van der Waals surface area contributed by atoms with E-state index >= 15 is 0 Å². The predicted octanol–water partition coefficient (Wildman–Crippen LogP) is 4.58. The van der Waals surface area contributed by atoms with Crippen molar-refractivity contribution in [2.24, 2.45) is 0 Å². The van der Waals surface area contributed by atoms with Crippen molar-refractivity contribution >= 4 is 28.1 Å². The molecular weight excluding hydrogens is 396 g/mol. The van der Waals surface area contributed by atoms with Crippen LogP contribution in [0.2, 0.25) is 0 Å². The maximum Gasteiger partial charge on any atom is 0.180 e. The van der Waals surface area contributed by atoms with Gasteiger partial charge in [0.2, 0.25) is 0 Å². The first kappa shape index (κ1) is 19.0. The fourth-order valence-electron chi connectivity index (χ4n) is 3.88. The summed E-state index contributed by atoms with van der Waals surface area (Å²) in [4.78, 5) is 5.13. The highest BCUT2D eigenvalue weighted by Crippen LogP contribution is 2.36. The van der Waals surface area contributed by atoms with Gasteiger partial charge in [-0.1, -0.05) is 6.07 Å². The Kier molecular flexibility index (Phi) is 4.45. The first-order valence-electron chi connectivity index (χ1n) is 9.81. The van der Waals surface area contributed by atoms with Gasteiger partial charge in [-0.25, -0.2) is 4.68 Å². The summed E-state index contributed by atoms with van der Waals surface area (Å²) in [6.07, 6.45) is 2.57. The monoisotopic (exact) mass is 418 g/mol. The van der Waals surface area contributed by atoms with Crippen LogP contribution in [0.15, 0.2) is 65.7 Å². The van der Waals surface area contributed by atoms with Crippen LogP contribution in [0.3, 0.4) is 0 Å². The fourth-order valence-corrected chi connectivity index (χ4v) is 4.78. The van der Waals surface area contributed by atoms with E-state index in [-0.39, 0.29) is 5.60 Å². The molecular formula is C23H22N4O2S. The smallest absolute Gasteiger partial charge is 0.180 e. The van der Waals surface area contributed by atoms with Crippen molar-refractivity contribution in [3.05, 3.63) is 72.1 Å². The van der Waals surface area contributed by atoms with Gasteiger partial charge in [0.1, 0.15) is 22.7 Å². The lowest BCUT2D eigenvalue weighted by atomic mass is 10.0. The number of fused-ring (bicyclic) bond motifs is 2. The molecule has 5 rings (SSSR count). The lowest BCUT2D eigenvalue weighted by Crippen LogP contribution is -2.24. The van der Waals surface area contributed by atoms with Crippen LogP contribution in [-0.4, -0.2) is 24.9 Å². The molecule has 0 aliphatic carbocycles. The van der Waals surface area contributed by atoms with E-state index in [1.165, 1.54) is 0 Å². The molecule has 30 heavy (non-hydrogen) atoms. The third-order valence-electron chi connectivity index (χ3n) is 5.13. The highest BCUT2D eigenvalue weighted by atomic mass is 32.2. The van der Waals surface area contributed by atoms with E-state index in [1.807, 2.05) is 61.5 Å². The Bertz CT molecular complexity index is 1250. The summed E-state index contributed by atoms with van der Waals surface area (Å²) in [6, 6.07) is 17.4. The molecule has 4 aromatic rings. The lowest BCUT2D eigenvalue weighted by Gasteiger charge is -2.16. The third kappa shape index (κ3) is 3.40. The standard InChI is InChI=1S/C23H22N4O2S/c1-15-12-22(27(25-15)20-8-4-7-19-18(20)6-5-11-24-19)26-30(28)17-9-10-21-16(13-17)14-23(2,3)29-21/h4-13,26H,14H2,1-3H3. The van der Waals surface area contributed by atoms with Gasteiger partial charge in [0.15, 0.2) is 10.7 Å². The Balaban J connectivity index is 1.48. The molecule has 0 saturated heterocycles. The minimum Gasteiger partial charge on any atom is -0.588 e. The maximum atomic E-state index is 13.1. The van der Waals surface area contributed by atoms with Crippen molar-refractivity contribution in [1.82, 2.24) is 14.8 Å². The number of hydrogen-bond donors (Lipinski definition) is 1. The number of aromatic nitrogens is 3. The average molecular weight is 419 g/mol. The van der Waals surface area contributed by atoms with Crippen LogP contribution in [0.5, 0.6) is 5.75 Å². The average Bonchev–Trinajstić information content (AvgIpc) is 3.23. The Morgan fingerprint density at radius 2 is 2.00 bits per heavy atom. The van der Waals surface area contributed by atoms with Gasteiger partial charge in [-0.05, 0) is 57.2 Å². The van der Waals surface area contributed by atoms with Gasteiger partial charge >= 0.3 is 0 Å². The number of rotatable bonds is 4. The van der Waals surface area contributed by atoms with Crippen LogP contribution in [0.4, 0.5) is 5.82 Å². The Labute approximate surface area is 178 Å². The third-order valence-corrected chi connectivity index (χ3v) is 6.20. The molecule has 1 atom stereocenters. The van der Waals surface area contributed by atoms with Crippen molar-refractivity contribution in [1.29, 1.82) is 0 Å². The van der Waals surface area contributed by atoms with Crippen molar-refractivity contribution in [3.63, 3.8) is 0 Å². The molecule has 1 aliphatic rings. The first-order valence-corrected chi connectivity index (χ1v) is 11.0. The molecule has 0 amide bonds. The SMILES string of the molecule is Cc1cc(N[S+]([O-])c2ccc3c(c2)CC(C)(C)O3)n(-c2cccc3ncccc23)n1. The molecule has 1 aliphatic heterocycles. The summed E-state index contributed by atoms with van der Waals surface area (Å²) in [5.41, 5.74) is 3.46. The molecule has 0 fully saturated rings. The summed E-state index contributed by atoms with van der Waals surface area (Å²) in [5, 5.41) is 5.61. The molecule has 0 spiro atoms. The summed E-state index contributed by atoms with van der Waals surface area (Å²) in [5.74, 6) is 1.53. The van der Waals surface area contributed by atoms with Gasteiger partial charge in [-0.2, -0.15) is 9.82 Å². The quantitative estimate of drug-likeness (QED) is 0.491. The zero-order valence-electron chi connectivity index (χ0n) is 17.0. The van der Waals surface area contributed by atoms with Gasteiger partial charge in [-0.3, -0.25) is 4.98 Å². The summed E-state index contributed by atoms with van der Waals surface area (Å²) >= 11 is -1.44. The van der Waals surface area contributed by atoms with Crippen LogP contribution < -0.4 is 9.46 Å². The second-order valence-corrected chi connectivity index (χ2v) is 9.32. The van der Waals surface area contributed by atoms with E-state index in [2.05, 4.69) is 28.7 Å². The molecule has 7 heteroatoms. The van der Waals surface area contributed by atoms with E-state index in [9.17, 15) is 4.55 Å². The molecule has 3 heterocycles. The van der Waals surface area contributed by atoms with E-state index in [0.29, 0.717) is 10.7 Å². The highest BCUT2D eigenvalue weighted by molar-refractivity contribution is 7.92. The van der Waals surface area contributed by atoms with Gasteiger partial charge in [0.05, 0.1) is 16.9 Å². The van der Waals surface area contributed by atoms with Crippen LogP contribution in [0.25, 0.3) is 16.6 Å². The molecule has 6 nitrogen and oxygen atoms in total. The van der Waals surface area contributed by atoms with Crippen LogP contribution in [0, 0.1) is 6.92 Å². The van der Waals surface area contributed by atoms with Crippen molar-refractivity contribution < 1.29 is 9.29 Å².